The van der Waals surface area contributed by atoms with Crippen LogP contribution in [0, 0.1) is 5.92 Å². The standard InChI is InChI=1S/C16H23NO/c1-4-12(5-2)16(17-6-3)15-11-13-9-7-8-10-14(13)18-15/h7-12,16-17H,4-6H2,1-3H3. The lowest BCUT2D eigenvalue weighted by Gasteiger charge is -2.24. The van der Waals surface area contributed by atoms with Crippen molar-refractivity contribution in [3.63, 3.8) is 0 Å². The van der Waals surface area contributed by atoms with Gasteiger partial charge in [0.25, 0.3) is 0 Å². The topological polar surface area (TPSA) is 25.2 Å². The molecule has 1 aromatic carbocycles. The molecule has 0 radical (unpaired) electrons. The molecule has 1 aromatic heterocycles. The molecule has 0 aliphatic heterocycles. The van der Waals surface area contributed by atoms with Crippen molar-refractivity contribution in [2.75, 3.05) is 6.54 Å². The van der Waals surface area contributed by atoms with Crippen LogP contribution in [0.15, 0.2) is 34.7 Å². The van der Waals surface area contributed by atoms with Crippen LogP contribution in [0.25, 0.3) is 11.0 Å². The first-order valence-electron chi connectivity index (χ1n) is 7.02. The molecular formula is C16H23NO. The van der Waals surface area contributed by atoms with Gasteiger partial charge in [-0.1, -0.05) is 51.8 Å². The molecule has 0 saturated carbocycles. The van der Waals surface area contributed by atoms with E-state index >= 15 is 0 Å². The smallest absolute Gasteiger partial charge is 0.134 e. The molecule has 2 heteroatoms. The summed E-state index contributed by atoms with van der Waals surface area (Å²) in [5, 5.41) is 4.76. The molecule has 2 aromatic rings. The van der Waals surface area contributed by atoms with Gasteiger partial charge in [-0.3, -0.25) is 0 Å². The Morgan fingerprint density at radius 2 is 1.83 bits per heavy atom. The van der Waals surface area contributed by atoms with Gasteiger partial charge in [0.2, 0.25) is 0 Å². The van der Waals surface area contributed by atoms with Crippen LogP contribution in [0.3, 0.4) is 0 Å². The molecule has 1 unspecified atom stereocenters. The molecule has 0 aliphatic rings. The molecule has 1 heterocycles. The largest absolute Gasteiger partial charge is 0.459 e. The van der Waals surface area contributed by atoms with E-state index in [-0.39, 0.29) is 0 Å². The third kappa shape index (κ3) is 2.59. The number of fused-ring (bicyclic) bond motifs is 1. The highest BCUT2D eigenvalue weighted by Crippen LogP contribution is 2.31. The molecule has 1 atom stereocenters. The van der Waals surface area contributed by atoms with Crippen molar-refractivity contribution in [2.24, 2.45) is 5.92 Å². The Bertz CT molecular complexity index is 452. The van der Waals surface area contributed by atoms with Gasteiger partial charge in [-0.2, -0.15) is 0 Å². The van der Waals surface area contributed by atoms with E-state index in [1.54, 1.807) is 0 Å². The first-order valence-corrected chi connectivity index (χ1v) is 7.02. The number of rotatable bonds is 6. The number of furan rings is 1. The summed E-state index contributed by atoms with van der Waals surface area (Å²) in [4.78, 5) is 0. The minimum Gasteiger partial charge on any atom is -0.459 e. The van der Waals surface area contributed by atoms with E-state index in [2.05, 4.69) is 44.3 Å². The SMILES string of the molecule is CCNC(c1cc2ccccc2o1)C(CC)CC. The quantitative estimate of drug-likeness (QED) is 0.809. The summed E-state index contributed by atoms with van der Waals surface area (Å²) >= 11 is 0. The number of nitrogens with one attached hydrogen (secondary N) is 1. The Kier molecular flexibility index (Phi) is 4.43. The second-order valence-electron chi connectivity index (χ2n) is 4.80. The predicted molar refractivity (Wildman–Crippen MR) is 76.7 cm³/mol. The van der Waals surface area contributed by atoms with Crippen molar-refractivity contribution in [1.29, 1.82) is 0 Å². The van der Waals surface area contributed by atoms with Crippen molar-refractivity contribution in [3.05, 3.63) is 36.1 Å². The summed E-state index contributed by atoms with van der Waals surface area (Å²) in [6.07, 6.45) is 2.34. The van der Waals surface area contributed by atoms with Gasteiger partial charge >= 0.3 is 0 Å². The third-order valence-corrected chi connectivity index (χ3v) is 3.70. The monoisotopic (exact) mass is 245 g/mol. The van der Waals surface area contributed by atoms with Crippen LogP contribution in [0.5, 0.6) is 0 Å². The highest BCUT2D eigenvalue weighted by Gasteiger charge is 2.22. The summed E-state index contributed by atoms with van der Waals surface area (Å²) in [5.74, 6) is 1.71. The van der Waals surface area contributed by atoms with Crippen LogP contribution < -0.4 is 5.32 Å². The Labute approximate surface area is 109 Å². The fraction of sp³-hybridized carbons (Fsp3) is 0.500. The fourth-order valence-corrected chi connectivity index (χ4v) is 2.64. The molecule has 0 bridgehead atoms. The van der Waals surface area contributed by atoms with Gasteiger partial charge in [0.15, 0.2) is 0 Å². The van der Waals surface area contributed by atoms with Crippen molar-refractivity contribution in [2.45, 2.75) is 39.7 Å². The van der Waals surface area contributed by atoms with Gasteiger partial charge in [-0.15, -0.1) is 0 Å². The Balaban J connectivity index is 2.34. The maximum Gasteiger partial charge on any atom is 0.134 e. The van der Waals surface area contributed by atoms with Crippen LogP contribution in [0.1, 0.15) is 45.4 Å². The van der Waals surface area contributed by atoms with Gasteiger partial charge in [-0.05, 0) is 24.6 Å². The van der Waals surface area contributed by atoms with Crippen molar-refractivity contribution in [1.82, 2.24) is 5.32 Å². The number of hydrogen-bond acceptors (Lipinski definition) is 2. The molecule has 0 fully saturated rings. The van der Waals surface area contributed by atoms with Gasteiger partial charge in [0, 0.05) is 5.39 Å². The van der Waals surface area contributed by atoms with Crippen molar-refractivity contribution < 1.29 is 4.42 Å². The molecule has 0 spiro atoms. The first-order chi connectivity index (χ1) is 8.80. The first kappa shape index (κ1) is 13.2. The van der Waals surface area contributed by atoms with E-state index < -0.39 is 0 Å². The Morgan fingerprint density at radius 3 is 2.44 bits per heavy atom. The van der Waals surface area contributed by atoms with Gasteiger partial charge in [0.1, 0.15) is 11.3 Å². The lowest BCUT2D eigenvalue weighted by atomic mass is 9.92. The minimum absolute atomic E-state index is 0.331. The Hall–Kier alpha value is -1.28. The maximum absolute atomic E-state index is 6.00. The zero-order valence-corrected chi connectivity index (χ0v) is 11.6. The van der Waals surface area contributed by atoms with Crippen LogP contribution in [0.4, 0.5) is 0 Å². The van der Waals surface area contributed by atoms with E-state index in [0.717, 1.165) is 17.9 Å². The van der Waals surface area contributed by atoms with E-state index in [9.17, 15) is 0 Å². The van der Waals surface area contributed by atoms with E-state index in [1.807, 2.05) is 12.1 Å². The van der Waals surface area contributed by atoms with Crippen LogP contribution in [-0.2, 0) is 0 Å². The highest BCUT2D eigenvalue weighted by molar-refractivity contribution is 5.77. The average Bonchev–Trinajstić information content (AvgIpc) is 2.82. The Morgan fingerprint density at radius 1 is 1.11 bits per heavy atom. The summed E-state index contributed by atoms with van der Waals surface area (Å²) in [5.41, 5.74) is 0.987. The number of para-hydroxylation sites is 1. The highest BCUT2D eigenvalue weighted by atomic mass is 16.3. The minimum atomic E-state index is 0.331. The fourth-order valence-electron chi connectivity index (χ4n) is 2.64. The predicted octanol–water partition coefficient (Wildman–Crippen LogP) is 4.52. The second-order valence-corrected chi connectivity index (χ2v) is 4.80. The molecule has 0 amide bonds. The molecule has 0 aliphatic carbocycles. The summed E-state index contributed by atoms with van der Waals surface area (Å²) in [7, 11) is 0. The molecule has 2 nitrogen and oxygen atoms in total. The summed E-state index contributed by atoms with van der Waals surface area (Å²) in [6, 6.07) is 10.7. The van der Waals surface area contributed by atoms with Crippen molar-refractivity contribution in [3.8, 4) is 0 Å². The zero-order chi connectivity index (χ0) is 13.0. The number of benzene rings is 1. The van der Waals surface area contributed by atoms with Gasteiger partial charge in [-0.25, -0.2) is 0 Å². The second kappa shape index (κ2) is 6.05. The summed E-state index contributed by atoms with van der Waals surface area (Å²) in [6.45, 7) is 7.62. The lowest BCUT2D eigenvalue weighted by Crippen LogP contribution is -2.27. The van der Waals surface area contributed by atoms with Gasteiger partial charge in [0.05, 0.1) is 6.04 Å². The van der Waals surface area contributed by atoms with Crippen molar-refractivity contribution >= 4 is 11.0 Å². The molecule has 0 saturated heterocycles. The van der Waals surface area contributed by atoms with Crippen LogP contribution in [-0.4, -0.2) is 6.54 Å². The van der Waals surface area contributed by atoms with E-state index in [0.29, 0.717) is 12.0 Å². The third-order valence-electron chi connectivity index (χ3n) is 3.70. The van der Waals surface area contributed by atoms with E-state index in [4.69, 9.17) is 4.42 Å². The summed E-state index contributed by atoms with van der Waals surface area (Å²) < 4.78 is 6.00. The molecule has 2 rings (SSSR count). The van der Waals surface area contributed by atoms with Crippen LogP contribution in [0.2, 0.25) is 0 Å². The van der Waals surface area contributed by atoms with E-state index in [1.165, 1.54) is 18.2 Å². The lowest BCUT2D eigenvalue weighted by molar-refractivity contribution is 0.304. The average molecular weight is 245 g/mol. The van der Waals surface area contributed by atoms with Gasteiger partial charge < -0.3 is 9.73 Å². The molecule has 98 valence electrons. The number of hydrogen-bond donors (Lipinski definition) is 1. The molecule has 18 heavy (non-hydrogen) atoms. The zero-order valence-electron chi connectivity index (χ0n) is 11.6. The normalized spacial score (nSPS) is 13.3. The molecular weight excluding hydrogens is 222 g/mol. The van der Waals surface area contributed by atoms with Crippen LogP contribution >= 0.6 is 0 Å². The maximum atomic E-state index is 6.00. The molecule has 1 N–H and O–H groups in total.